The summed E-state index contributed by atoms with van der Waals surface area (Å²) in [4.78, 5) is 12.2. The zero-order chi connectivity index (χ0) is 11.5. The molecule has 0 bridgehead atoms. The predicted octanol–water partition coefficient (Wildman–Crippen LogP) is 2.68. The molecule has 1 heterocycles. The second kappa shape index (κ2) is 4.97. The van der Waals surface area contributed by atoms with Gasteiger partial charge in [-0.15, -0.1) is 0 Å². The van der Waals surface area contributed by atoms with Crippen molar-refractivity contribution in [2.24, 2.45) is 5.92 Å². The summed E-state index contributed by atoms with van der Waals surface area (Å²) in [5.74, 6) is 0.707. The fourth-order valence-corrected chi connectivity index (χ4v) is 2.20. The van der Waals surface area contributed by atoms with Gasteiger partial charge in [0.15, 0.2) is 5.78 Å². The molecular weight excluding hydrogens is 272 g/mol. The number of benzene rings is 1. The smallest absolute Gasteiger partial charge is 0.172 e. The number of carbonyl (C=O) groups excluding carboxylic acids is 1. The molecule has 0 radical (unpaired) electrons. The summed E-state index contributed by atoms with van der Waals surface area (Å²) < 4.78 is 11.3. The molecule has 1 aliphatic rings. The third-order valence-electron chi connectivity index (χ3n) is 2.73. The Bertz CT molecular complexity index is 397. The van der Waals surface area contributed by atoms with Gasteiger partial charge in [-0.2, -0.15) is 0 Å². The normalized spacial score (nSPS) is 19.8. The summed E-state index contributed by atoms with van der Waals surface area (Å²) in [5, 5.41) is 0. The molecule has 4 heteroatoms. The summed E-state index contributed by atoms with van der Waals surface area (Å²) in [6.07, 6.45) is 0.800. The Balaban J connectivity index is 2.30. The molecule has 0 aromatic heterocycles. The molecule has 1 aromatic carbocycles. The Morgan fingerprint density at radius 3 is 3.00 bits per heavy atom. The van der Waals surface area contributed by atoms with Crippen LogP contribution >= 0.6 is 15.9 Å². The summed E-state index contributed by atoms with van der Waals surface area (Å²) in [6.45, 7) is 1.20. The van der Waals surface area contributed by atoms with Crippen molar-refractivity contribution in [3.63, 3.8) is 0 Å². The molecule has 86 valence electrons. The first-order chi connectivity index (χ1) is 7.72. The van der Waals surface area contributed by atoms with E-state index in [1.807, 2.05) is 6.07 Å². The Kier molecular flexibility index (Phi) is 3.61. The van der Waals surface area contributed by atoms with E-state index in [1.54, 1.807) is 19.2 Å². The maximum absolute atomic E-state index is 12.2. The number of Topliss-reactive ketones (excluding diaryl/α,β-unsaturated/α-hetero) is 1. The van der Waals surface area contributed by atoms with E-state index in [-0.39, 0.29) is 11.7 Å². The van der Waals surface area contributed by atoms with Crippen LogP contribution in [-0.2, 0) is 4.74 Å². The van der Waals surface area contributed by atoms with E-state index < -0.39 is 0 Å². The van der Waals surface area contributed by atoms with Gasteiger partial charge in [-0.05, 0) is 24.6 Å². The molecule has 0 spiro atoms. The van der Waals surface area contributed by atoms with Gasteiger partial charge in [0, 0.05) is 17.0 Å². The van der Waals surface area contributed by atoms with Crippen molar-refractivity contribution >= 4 is 21.7 Å². The molecule has 0 saturated carbocycles. The summed E-state index contributed by atoms with van der Waals surface area (Å²) >= 11 is 3.36. The van der Waals surface area contributed by atoms with Gasteiger partial charge in [-0.1, -0.05) is 15.9 Å². The minimum atomic E-state index is -0.0248. The lowest BCUT2D eigenvalue weighted by Gasteiger charge is -2.11. The number of carbonyl (C=O) groups is 1. The monoisotopic (exact) mass is 284 g/mol. The minimum Gasteiger partial charge on any atom is -0.496 e. The summed E-state index contributed by atoms with van der Waals surface area (Å²) in [7, 11) is 1.57. The average Bonchev–Trinajstić information content (AvgIpc) is 2.81. The molecule has 1 saturated heterocycles. The van der Waals surface area contributed by atoms with Gasteiger partial charge in [0.25, 0.3) is 0 Å². The van der Waals surface area contributed by atoms with Gasteiger partial charge in [0.1, 0.15) is 5.75 Å². The van der Waals surface area contributed by atoms with Gasteiger partial charge in [0.2, 0.25) is 0 Å². The third kappa shape index (κ3) is 2.28. The van der Waals surface area contributed by atoms with E-state index >= 15 is 0 Å². The van der Waals surface area contributed by atoms with Crippen LogP contribution in [0.25, 0.3) is 0 Å². The number of ketones is 1. The molecule has 1 unspecified atom stereocenters. The highest BCUT2D eigenvalue weighted by Crippen LogP contribution is 2.27. The number of hydrogen-bond donors (Lipinski definition) is 0. The lowest BCUT2D eigenvalue weighted by atomic mass is 9.96. The van der Waals surface area contributed by atoms with E-state index in [2.05, 4.69) is 15.9 Å². The molecule has 2 rings (SSSR count). The van der Waals surface area contributed by atoms with Crippen LogP contribution in [0.4, 0.5) is 0 Å². The summed E-state index contributed by atoms with van der Waals surface area (Å²) in [6, 6.07) is 5.47. The number of hydrogen-bond acceptors (Lipinski definition) is 3. The fourth-order valence-electron chi connectivity index (χ4n) is 1.83. The van der Waals surface area contributed by atoms with Gasteiger partial charge < -0.3 is 9.47 Å². The van der Waals surface area contributed by atoms with E-state index in [0.717, 1.165) is 10.9 Å². The van der Waals surface area contributed by atoms with Crippen LogP contribution in [0.1, 0.15) is 16.8 Å². The first kappa shape index (κ1) is 11.6. The van der Waals surface area contributed by atoms with Crippen LogP contribution in [0, 0.1) is 5.92 Å². The lowest BCUT2D eigenvalue weighted by molar-refractivity contribution is 0.0897. The number of methoxy groups -OCH3 is 1. The second-order valence-electron chi connectivity index (χ2n) is 3.77. The van der Waals surface area contributed by atoms with Gasteiger partial charge >= 0.3 is 0 Å². The molecule has 0 aliphatic carbocycles. The van der Waals surface area contributed by atoms with E-state index in [1.165, 1.54) is 0 Å². The van der Waals surface area contributed by atoms with Crippen LogP contribution in [0.5, 0.6) is 5.75 Å². The molecule has 0 N–H and O–H groups in total. The quantitative estimate of drug-likeness (QED) is 0.801. The zero-order valence-corrected chi connectivity index (χ0v) is 10.6. The highest BCUT2D eigenvalue weighted by molar-refractivity contribution is 9.10. The number of rotatable bonds is 3. The van der Waals surface area contributed by atoms with Crippen molar-refractivity contribution in [1.29, 1.82) is 0 Å². The Morgan fingerprint density at radius 2 is 2.38 bits per heavy atom. The lowest BCUT2D eigenvalue weighted by Crippen LogP contribution is -2.15. The zero-order valence-electron chi connectivity index (χ0n) is 9.03. The van der Waals surface area contributed by atoms with Crippen molar-refractivity contribution in [2.45, 2.75) is 6.42 Å². The second-order valence-corrected chi connectivity index (χ2v) is 4.69. The van der Waals surface area contributed by atoms with Crippen molar-refractivity contribution in [1.82, 2.24) is 0 Å². The van der Waals surface area contributed by atoms with E-state index in [9.17, 15) is 4.79 Å². The Labute approximate surface area is 103 Å². The van der Waals surface area contributed by atoms with Gasteiger partial charge in [0.05, 0.1) is 19.3 Å². The van der Waals surface area contributed by atoms with Crippen LogP contribution in [0.15, 0.2) is 22.7 Å². The first-order valence-corrected chi connectivity index (χ1v) is 5.97. The number of ether oxygens (including phenoxy) is 2. The highest BCUT2D eigenvalue weighted by Gasteiger charge is 2.26. The molecule has 3 nitrogen and oxygen atoms in total. The molecule has 1 fully saturated rings. The predicted molar refractivity (Wildman–Crippen MR) is 64.0 cm³/mol. The van der Waals surface area contributed by atoms with Crippen LogP contribution in [-0.4, -0.2) is 26.1 Å². The maximum Gasteiger partial charge on any atom is 0.172 e. The summed E-state index contributed by atoms with van der Waals surface area (Å²) in [5.41, 5.74) is 0.632. The van der Waals surface area contributed by atoms with Crippen molar-refractivity contribution in [3.05, 3.63) is 28.2 Å². The van der Waals surface area contributed by atoms with Gasteiger partial charge in [-0.25, -0.2) is 0 Å². The first-order valence-electron chi connectivity index (χ1n) is 5.18. The molecule has 1 atom stereocenters. The molecule has 1 aromatic rings. The topological polar surface area (TPSA) is 35.5 Å². The largest absolute Gasteiger partial charge is 0.496 e. The van der Waals surface area contributed by atoms with E-state index in [4.69, 9.17) is 9.47 Å². The van der Waals surface area contributed by atoms with Gasteiger partial charge in [-0.3, -0.25) is 4.79 Å². The molecule has 0 amide bonds. The maximum atomic E-state index is 12.2. The SMILES string of the molecule is COc1ccc(Br)cc1C(=O)C1CCOC1. The van der Waals surface area contributed by atoms with Crippen LogP contribution < -0.4 is 4.74 Å². The molecule has 16 heavy (non-hydrogen) atoms. The van der Waals surface area contributed by atoms with Crippen LogP contribution in [0.3, 0.4) is 0 Å². The fraction of sp³-hybridized carbons (Fsp3) is 0.417. The molecule has 1 aliphatic heterocycles. The number of halogens is 1. The Morgan fingerprint density at radius 1 is 1.56 bits per heavy atom. The van der Waals surface area contributed by atoms with Crippen molar-refractivity contribution in [2.75, 3.05) is 20.3 Å². The molecular formula is C12H13BrO3. The van der Waals surface area contributed by atoms with E-state index in [0.29, 0.717) is 24.5 Å². The standard InChI is InChI=1S/C12H13BrO3/c1-15-11-3-2-9(13)6-10(11)12(14)8-4-5-16-7-8/h2-3,6,8H,4-5,7H2,1H3. The van der Waals surface area contributed by atoms with Crippen LogP contribution in [0.2, 0.25) is 0 Å². The van der Waals surface area contributed by atoms with Crippen molar-refractivity contribution in [3.8, 4) is 5.75 Å². The minimum absolute atomic E-state index is 0.0248. The Hall–Kier alpha value is -0.870. The highest BCUT2D eigenvalue weighted by atomic mass is 79.9. The van der Waals surface area contributed by atoms with Crippen molar-refractivity contribution < 1.29 is 14.3 Å². The average molecular weight is 285 g/mol. The third-order valence-corrected chi connectivity index (χ3v) is 3.22.